The molecule has 0 N–H and O–H groups in total. The quantitative estimate of drug-likeness (QED) is 0.402. The van der Waals surface area contributed by atoms with Gasteiger partial charge in [0.2, 0.25) is 0 Å². The Hall–Kier alpha value is -1.10. The van der Waals surface area contributed by atoms with Crippen LogP contribution in [0, 0.1) is 0 Å². The van der Waals surface area contributed by atoms with Gasteiger partial charge < -0.3 is 14.4 Å². The maximum atomic E-state index is 11.4. The minimum atomic E-state index is -0.817. The lowest BCUT2D eigenvalue weighted by molar-refractivity contribution is -0.165. The Labute approximate surface area is 83.0 Å². The Bertz CT molecular complexity index is 249. The molecule has 0 unspecified atom stereocenters. The lowest BCUT2D eigenvalue weighted by Crippen LogP contribution is -2.52. The summed E-state index contributed by atoms with van der Waals surface area (Å²) in [4.78, 5) is 23.8. The number of nitrogens with zero attached hydrogens (tertiary/aromatic N) is 1. The van der Waals surface area contributed by atoms with Crippen molar-refractivity contribution in [1.29, 1.82) is 0 Å². The smallest absolute Gasteiger partial charge is 0.396 e. The van der Waals surface area contributed by atoms with Gasteiger partial charge in [-0.3, -0.25) is 4.79 Å². The van der Waals surface area contributed by atoms with E-state index in [1.165, 1.54) is 12.0 Å². The first-order valence-corrected chi connectivity index (χ1v) is 4.47. The molecular weight excluding hydrogens is 186 g/mol. The van der Waals surface area contributed by atoms with Crippen molar-refractivity contribution < 1.29 is 19.1 Å². The van der Waals surface area contributed by atoms with Gasteiger partial charge in [-0.1, -0.05) is 0 Å². The van der Waals surface area contributed by atoms with Crippen LogP contribution in [0.3, 0.4) is 0 Å². The van der Waals surface area contributed by atoms with Gasteiger partial charge in [0.15, 0.2) is 0 Å². The molecule has 14 heavy (non-hydrogen) atoms. The second-order valence-corrected chi connectivity index (χ2v) is 3.83. The fourth-order valence-electron chi connectivity index (χ4n) is 1.41. The molecule has 0 aliphatic carbocycles. The molecule has 1 heterocycles. The summed E-state index contributed by atoms with van der Waals surface area (Å²) in [5, 5.41) is 0. The summed E-state index contributed by atoms with van der Waals surface area (Å²) >= 11 is 0. The van der Waals surface area contributed by atoms with Crippen LogP contribution in [0.1, 0.15) is 13.8 Å². The monoisotopic (exact) mass is 201 g/mol. The standard InChI is InChI=1S/C9H15NO4/c1-9(2)6-10(4-5-14-9)7(11)8(12)13-3/h4-6H2,1-3H3. The maximum absolute atomic E-state index is 11.4. The number of ether oxygens (including phenoxy) is 2. The average molecular weight is 201 g/mol. The number of hydrogen-bond acceptors (Lipinski definition) is 4. The second kappa shape index (κ2) is 3.96. The number of hydrogen-bond donors (Lipinski definition) is 0. The predicted molar refractivity (Wildman–Crippen MR) is 48.6 cm³/mol. The second-order valence-electron chi connectivity index (χ2n) is 3.83. The molecule has 1 aliphatic rings. The third-order valence-corrected chi connectivity index (χ3v) is 2.07. The molecule has 1 amide bonds. The molecule has 0 aromatic heterocycles. The number of carbonyl (C=O) groups excluding carboxylic acids is 2. The highest BCUT2D eigenvalue weighted by Crippen LogP contribution is 2.16. The summed E-state index contributed by atoms with van der Waals surface area (Å²) in [6, 6.07) is 0. The van der Waals surface area contributed by atoms with E-state index in [1.807, 2.05) is 13.8 Å². The zero-order chi connectivity index (χ0) is 10.8. The van der Waals surface area contributed by atoms with Gasteiger partial charge >= 0.3 is 11.9 Å². The van der Waals surface area contributed by atoms with Gasteiger partial charge in [-0.15, -0.1) is 0 Å². The number of carbonyl (C=O) groups is 2. The van der Waals surface area contributed by atoms with E-state index in [0.29, 0.717) is 19.7 Å². The van der Waals surface area contributed by atoms with E-state index in [-0.39, 0.29) is 5.60 Å². The van der Waals surface area contributed by atoms with Crippen LogP contribution in [0.2, 0.25) is 0 Å². The Kier molecular flexibility index (Phi) is 3.10. The van der Waals surface area contributed by atoms with Crippen LogP contribution in [-0.4, -0.2) is 49.2 Å². The summed E-state index contributed by atoms with van der Waals surface area (Å²) in [5.41, 5.74) is -0.387. The Morgan fingerprint density at radius 2 is 2.07 bits per heavy atom. The molecule has 0 bridgehead atoms. The summed E-state index contributed by atoms with van der Waals surface area (Å²) in [7, 11) is 1.20. The number of morpholine rings is 1. The molecular formula is C9H15NO4. The SMILES string of the molecule is COC(=O)C(=O)N1CCOC(C)(C)C1. The van der Waals surface area contributed by atoms with Gasteiger partial charge in [0.25, 0.3) is 0 Å². The van der Waals surface area contributed by atoms with Crippen LogP contribution < -0.4 is 0 Å². The van der Waals surface area contributed by atoms with E-state index >= 15 is 0 Å². The normalized spacial score (nSPS) is 20.4. The number of amides is 1. The average Bonchev–Trinajstić information content (AvgIpc) is 2.14. The van der Waals surface area contributed by atoms with Crippen molar-refractivity contribution in [3.63, 3.8) is 0 Å². The van der Waals surface area contributed by atoms with E-state index in [1.54, 1.807) is 0 Å². The van der Waals surface area contributed by atoms with Gasteiger partial charge in [-0.05, 0) is 13.8 Å². The first kappa shape index (κ1) is 11.0. The van der Waals surface area contributed by atoms with Gasteiger partial charge in [-0.25, -0.2) is 4.79 Å². The predicted octanol–water partition coefficient (Wildman–Crippen LogP) is -0.203. The molecule has 0 aromatic carbocycles. The molecule has 1 fully saturated rings. The van der Waals surface area contributed by atoms with Crippen LogP contribution in [0.4, 0.5) is 0 Å². The minimum Gasteiger partial charge on any atom is -0.462 e. The first-order chi connectivity index (χ1) is 6.46. The highest BCUT2D eigenvalue weighted by molar-refractivity contribution is 6.32. The number of rotatable bonds is 0. The van der Waals surface area contributed by atoms with Gasteiger partial charge in [0, 0.05) is 13.1 Å². The van der Waals surface area contributed by atoms with Gasteiger partial charge in [0.1, 0.15) is 0 Å². The molecule has 1 rings (SSSR count). The van der Waals surface area contributed by atoms with Crippen molar-refractivity contribution in [3.8, 4) is 0 Å². The molecule has 5 heteroatoms. The summed E-state index contributed by atoms with van der Waals surface area (Å²) in [6.45, 7) is 5.07. The Morgan fingerprint density at radius 3 is 2.57 bits per heavy atom. The van der Waals surface area contributed by atoms with Crippen LogP contribution in [0.25, 0.3) is 0 Å². The molecule has 0 radical (unpaired) electrons. The minimum absolute atomic E-state index is 0.387. The van der Waals surface area contributed by atoms with Crippen LogP contribution >= 0.6 is 0 Å². The van der Waals surface area contributed by atoms with Crippen LogP contribution in [0.5, 0.6) is 0 Å². The Morgan fingerprint density at radius 1 is 1.43 bits per heavy atom. The van der Waals surface area contributed by atoms with Gasteiger partial charge in [-0.2, -0.15) is 0 Å². The fourth-order valence-corrected chi connectivity index (χ4v) is 1.41. The van der Waals surface area contributed by atoms with Crippen LogP contribution in [0.15, 0.2) is 0 Å². The van der Waals surface area contributed by atoms with Gasteiger partial charge in [0.05, 0.1) is 19.3 Å². The van der Waals surface area contributed by atoms with Crippen molar-refractivity contribution in [2.75, 3.05) is 26.8 Å². The number of methoxy groups -OCH3 is 1. The third kappa shape index (κ3) is 2.45. The fraction of sp³-hybridized carbons (Fsp3) is 0.778. The maximum Gasteiger partial charge on any atom is 0.396 e. The molecule has 1 saturated heterocycles. The summed E-state index contributed by atoms with van der Waals surface area (Å²) in [6.07, 6.45) is 0. The van der Waals surface area contributed by atoms with Crippen molar-refractivity contribution in [2.24, 2.45) is 0 Å². The number of esters is 1. The third-order valence-electron chi connectivity index (χ3n) is 2.07. The van der Waals surface area contributed by atoms with Crippen molar-refractivity contribution in [1.82, 2.24) is 4.90 Å². The first-order valence-electron chi connectivity index (χ1n) is 4.47. The molecule has 1 aliphatic heterocycles. The van der Waals surface area contributed by atoms with Crippen LogP contribution in [-0.2, 0) is 19.1 Å². The molecule has 0 atom stereocenters. The summed E-state index contributed by atoms with van der Waals surface area (Å²) < 4.78 is 9.78. The molecule has 0 saturated carbocycles. The molecule has 0 spiro atoms. The zero-order valence-electron chi connectivity index (χ0n) is 8.70. The van der Waals surface area contributed by atoms with E-state index in [2.05, 4.69) is 4.74 Å². The van der Waals surface area contributed by atoms with E-state index in [0.717, 1.165) is 0 Å². The largest absolute Gasteiger partial charge is 0.462 e. The topological polar surface area (TPSA) is 55.8 Å². The van der Waals surface area contributed by atoms with Crippen molar-refractivity contribution in [3.05, 3.63) is 0 Å². The highest BCUT2D eigenvalue weighted by atomic mass is 16.5. The van der Waals surface area contributed by atoms with E-state index in [9.17, 15) is 9.59 Å². The lowest BCUT2D eigenvalue weighted by atomic mass is 10.1. The van der Waals surface area contributed by atoms with E-state index < -0.39 is 11.9 Å². The lowest BCUT2D eigenvalue weighted by Gasteiger charge is -2.37. The zero-order valence-corrected chi connectivity index (χ0v) is 8.70. The Balaban J connectivity index is 2.61. The van der Waals surface area contributed by atoms with Crippen molar-refractivity contribution >= 4 is 11.9 Å². The summed E-state index contributed by atoms with van der Waals surface area (Å²) in [5.74, 6) is -1.41. The molecule has 80 valence electrons. The van der Waals surface area contributed by atoms with E-state index in [4.69, 9.17) is 4.74 Å². The van der Waals surface area contributed by atoms with Crippen molar-refractivity contribution in [2.45, 2.75) is 19.4 Å². The molecule has 5 nitrogen and oxygen atoms in total. The molecule has 0 aromatic rings. The highest BCUT2D eigenvalue weighted by Gasteiger charge is 2.32.